The summed E-state index contributed by atoms with van der Waals surface area (Å²) in [6.07, 6.45) is 1.50. The van der Waals surface area contributed by atoms with Gasteiger partial charge in [-0.1, -0.05) is 11.2 Å². The SMILES string of the molecule is Cc1ccc(OCC(=O)NNC(=O)c2cc(-c3ccco3)nc3onc(C)c23)cc1C. The Bertz CT molecular complexity index is 1260. The molecule has 9 heteroatoms. The molecule has 0 radical (unpaired) electrons. The van der Waals surface area contributed by atoms with Crippen molar-refractivity contribution in [3.8, 4) is 17.2 Å². The number of hydrogen-bond acceptors (Lipinski definition) is 7. The molecular weight excluding hydrogens is 400 g/mol. The highest BCUT2D eigenvalue weighted by Gasteiger charge is 2.20. The van der Waals surface area contributed by atoms with Crippen molar-refractivity contribution >= 4 is 22.9 Å². The number of ether oxygens (including phenoxy) is 1. The van der Waals surface area contributed by atoms with E-state index in [-0.39, 0.29) is 17.9 Å². The summed E-state index contributed by atoms with van der Waals surface area (Å²) in [5, 5.41) is 4.33. The Morgan fingerprint density at radius 1 is 1.06 bits per heavy atom. The Morgan fingerprint density at radius 2 is 1.90 bits per heavy atom. The van der Waals surface area contributed by atoms with Crippen molar-refractivity contribution in [2.24, 2.45) is 0 Å². The minimum absolute atomic E-state index is 0.195. The first-order valence-corrected chi connectivity index (χ1v) is 9.52. The van der Waals surface area contributed by atoms with E-state index in [2.05, 4.69) is 21.0 Å². The smallest absolute Gasteiger partial charge is 0.276 e. The zero-order chi connectivity index (χ0) is 22.0. The van der Waals surface area contributed by atoms with E-state index in [9.17, 15) is 9.59 Å². The van der Waals surface area contributed by atoms with Crippen molar-refractivity contribution in [1.82, 2.24) is 21.0 Å². The lowest BCUT2D eigenvalue weighted by molar-refractivity contribution is -0.123. The Hall–Kier alpha value is -4.14. The van der Waals surface area contributed by atoms with Gasteiger partial charge in [0.15, 0.2) is 12.4 Å². The van der Waals surface area contributed by atoms with Crippen molar-refractivity contribution in [1.29, 1.82) is 0 Å². The molecule has 0 aliphatic rings. The van der Waals surface area contributed by atoms with Crippen LogP contribution >= 0.6 is 0 Å². The Balaban J connectivity index is 1.46. The summed E-state index contributed by atoms with van der Waals surface area (Å²) in [5.74, 6) is -0.0179. The fourth-order valence-electron chi connectivity index (χ4n) is 3.01. The van der Waals surface area contributed by atoms with Crippen LogP contribution in [-0.2, 0) is 4.79 Å². The third-order valence-corrected chi connectivity index (χ3v) is 4.80. The van der Waals surface area contributed by atoms with E-state index in [1.165, 1.54) is 6.26 Å². The van der Waals surface area contributed by atoms with E-state index < -0.39 is 11.8 Å². The maximum absolute atomic E-state index is 12.8. The van der Waals surface area contributed by atoms with Crippen molar-refractivity contribution in [2.75, 3.05) is 6.61 Å². The van der Waals surface area contributed by atoms with Gasteiger partial charge >= 0.3 is 0 Å². The molecule has 0 saturated heterocycles. The standard InChI is InChI=1S/C22H20N4O5/c1-12-6-7-15(9-13(12)2)30-11-19(27)24-25-21(28)16-10-17(18-5-4-8-29-18)23-22-20(16)14(3)26-31-22/h4-10H,11H2,1-3H3,(H,24,27)(H,25,28). The number of rotatable bonds is 5. The average molecular weight is 420 g/mol. The Labute approximate surface area is 177 Å². The molecule has 0 bridgehead atoms. The molecule has 31 heavy (non-hydrogen) atoms. The van der Waals surface area contributed by atoms with Crippen LogP contribution in [0.1, 0.15) is 27.2 Å². The number of nitrogens with zero attached hydrogens (tertiary/aromatic N) is 2. The monoisotopic (exact) mass is 420 g/mol. The quantitative estimate of drug-likeness (QED) is 0.476. The molecule has 2 N–H and O–H groups in total. The van der Waals surface area contributed by atoms with Gasteiger partial charge in [-0.05, 0) is 62.2 Å². The van der Waals surface area contributed by atoms with Gasteiger partial charge < -0.3 is 13.7 Å². The molecule has 0 aliphatic heterocycles. The molecule has 9 nitrogen and oxygen atoms in total. The summed E-state index contributed by atoms with van der Waals surface area (Å²) in [6, 6.07) is 10.5. The number of carbonyl (C=O) groups is 2. The van der Waals surface area contributed by atoms with E-state index in [4.69, 9.17) is 13.7 Å². The molecule has 0 atom stereocenters. The number of furan rings is 1. The lowest BCUT2D eigenvalue weighted by atomic mass is 10.1. The number of fused-ring (bicyclic) bond motifs is 1. The van der Waals surface area contributed by atoms with Gasteiger partial charge in [-0.15, -0.1) is 0 Å². The summed E-state index contributed by atoms with van der Waals surface area (Å²) in [7, 11) is 0. The van der Waals surface area contributed by atoms with Crippen molar-refractivity contribution < 1.29 is 23.3 Å². The van der Waals surface area contributed by atoms with Gasteiger partial charge in [0.25, 0.3) is 17.5 Å². The van der Waals surface area contributed by atoms with Gasteiger partial charge in [0.1, 0.15) is 11.4 Å². The summed E-state index contributed by atoms with van der Waals surface area (Å²) in [5.41, 5.74) is 8.28. The predicted octanol–water partition coefficient (Wildman–Crippen LogP) is 3.25. The zero-order valence-corrected chi connectivity index (χ0v) is 17.2. The van der Waals surface area contributed by atoms with Crippen LogP contribution in [0.2, 0.25) is 0 Å². The molecule has 4 aromatic rings. The second-order valence-electron chi connectivity index (χ2n) is 7.02. The lowest BCUT2D eigenvalue weighted by Gasteiger charge is -2.10. The van der Waals surface area contributed by atoms with E-state index in [0.29, 0.717) is 28.3 Å². The molecule has 0 saturated carbocycles. The molecule has 4 rings (SSSR count). The van der Waals surface area contributed by atoms with Gasteiger partial charge in [0, 0.05) is 0 Å². The van der Waals surface area contributed by atoms with E-state index in [1.807, 2.05) is 26.0 Å². The van der Waals surface area contributed by atoms with E-state index in [0.717, 1.165) is 11.1 Å². The van der Waals surface area contributed by atoms with Crippen LogP contribution < -0.4 is 15.6 Å². The molecule has 0 aliphatic carbocycles. The maximum atomic E-state index is 12.8. The summed E-state index contributed by atoms with van der Waals surface area (Å²) >= 11 is 0. The molecule has 3 heterocycles. The number of aromatic nitrogens is 2. The third kappa shape index (κ3) is 4.25. The minimum atomic E-state index is -0.550. The fraction of sp³-hybridized carbons (Fsp3) is 0.182. The van der Waals surface area contributed by atoms with Crippen LogP contribution in [0.4, 0.5) is 0 Å². The van der Waals surface area contributed by atoms with Gasteiger partial charge in [-0.25, -0.2) is 4.98 Å². The van der Waals surface area contributed by atoms with Gasteiger partial charge in [0.05, 0.1) is 22.9 Å². The van der Waals surface area contributed by atoms with Crippen LogP contribution in [0.25, 0.3) is 22.6 Å². The number of pyridine rings is 1. The van der Waals surface area contributed by atoms with Gasteiger partial charge in [-0.2, -0.15) is 0 Å². The third-order valence-electron chi connectivity index (χ3n) is 4.80. The van der Waals surface area contributed by atoms with E-state index >= 15 is 0 Å². The topological polar surface area (TPSA) is 119 Å². The number of aryl methyl sites for hydroxylation is 3. The largest absolute Gasteiger partial charge is 0.484 e. The summed E-state index contributed by atoms with van der Waals surface area (Å²) in [6.45, 7) is 5.40. The summed E-state index contributed by atoms with van der Waals surface area (Å²) < 4.78 is 16.1. The minimum Gasteiger partial charge on any atom is -0.484 e. The van der Waals surface area contributed by atoms with Crippen LogP contribution in [0.5, 0.6) is 5.75 Å². The highest BCUT2D eigenvalue weighted by atomic mass is 16.5. The molecule has 0 unspecified atom stereocenters. The first kappa shape index (κ1) is 20.1. The Kier molecular flexibility index (Phi) is 5.40. The van der Waals surface area contributed by atoms with Gasteiger partial charge in [-0.3, -0.25) is 20.4 Å². The first-order valence-electron chi connectivity index (χ1n) is 9.52. The van der Waals surface area contributed by atoms with Crippen molar-refractivity contribution in [3.05, 3.63) is 65.0 Å². The maximum Gasteiger partial charge on any atom is 0.276 e. The number of benzene rings is 1. The number of amides is 2. The molecule has 0 fully saturated rings. The van der Waals surface area contributed by atoms with Crippen LogP contribution in [0.3, 0.4) is 0 Å². The molecule has 2 amide bonds. The number of carbonyl (C=O) groups excluding carboxylic acids is 2. The summed E-state index contributed by atoms with van der Waals surface area (Å²) in [4.78, 5) is 29.3. The van der Waals surface area contributed by atoms with Crippen LogP contribution in [-0.4, -0.2) is 28.6 Å². The zero-order valence-electron chi connectivity index (χ0n) is 17.2. The van der Waals surface area contributed by atoms with E-state index in [1.54, 1.807) is 31.2 Å². The number of nitrogens with one attached hydrogen (secondary N) is 2. The second-order valence-corrected chi connectivity index (χ2v) is 7.02. The molecule has 3 aromatic heterocycles. The number of hydrogen-bond donors (Lipinski definition) is 2. The molecule has 158 valence electrons. The van der Waals surface area contributed by atoms with Crippen molar-refractivity contribution in [3.63, 3.8) is 0 Å². The second kappa shape index (κ2) is 8.31. The Morgan fingerprint density at radius 3 is 2.65 bits per heavy atom. The van der Waals surface area contributed by atoms with Crippen molar-refractivity contribution in [2.45, 2.75) is 20.8 Å². The molecule has 0 spiro atoms. The predicted molar refractivity (Wildman–Crippen MR) is 111 cm³/mol. The fourth-order valence-corrected chi connectivity index (χ4v) is 3.01. The molecular formula is C22H20N4O5. The normalized spacial score (nSPS) is 10.8. The number of hydrazine groups is 1. The first-order chi connectivity index (χ1) is 14.9. The highest BCUT2D eigenvalue weighted by Crippen LogP contribution is 2.27. The molecule has 1 aromatic carbocycles. The van der Waals surface area contributed by atoms with Crippen LogP contribution in [0, 0.1) is 20.8 Å². The lowest BCUT2D eigenvalue weighted by Crippen LogP contribution is -2.43. The highest BCUT2D eigenvalue weighted by molar-refractivity contribution is 6.07. The van der Waals surface area contributed by atoms with Gasteiger partial charge in [0.2, 0.25) is 0 Å². The average Bonchev–Trinajstić information content (AvgIpc) is 3.42. The van der Waals surface area contributed by atoms with Crippen LogP contribution in [0.15, 0.2) is 51.6 Å².